The summed E-state index contributed by atoms with van der Waals surface area (Å²) in [5.41, 5.74) is 3.22. The Morgan fingerprint density at radius 1 is 1.11 bits per heavy atom. The van der Waals surface area contributed by atoms with Gasteiger partial charge in [-0.25, -0.2) is 9.48 Å². The van der Waals surface area contributed by atoms with Crippen molar-refractivity contribution in [2.24, 2.45) is 0 Å². The van der Waals surface area contributed by atoms with Gasteiger partial charge in [0.25, 0.3) is 5.91 Å². The van der Waals surface area contributed by atoms with Gasteiger partial charge in [0.05, 0.1) is 27.0 Å². The minimum Gasteiger partial charge on any atom is -0.504 e. The molecule has 0 aliphatic carbocycles. The van der Waals surface area contributed by atoms with Crippen molar-refractivity contribution in [1.29, 1.82) is 0 Å². The van der Waals surface area contributed by atoms with Crippen LogP contribution in [0.4, 0.5) is 18.9 Å². The van der Waals surface area contributed by atoms with E-state index in [2.05, 4.69) is 15.7 Å². The summed E-state index contributed by atoms with van der Waals surface area (Å²) in [7, 11) is 0. The summed E-state index contributed by atoms with van der Waals surface area (Å²) in [6.07, 6.45) is -2.98. The molecular weight excluding hydrogens is 536 g/mol. The van der Waals surface area contributed by atoms with Crippen molar-refractivity contribution in [3.63, 3.8) is 0 Å². The van der Waals surface area contributed by atoms with Crippen LogP contribution in [0.25, 0.3) is 5.69 Å². The first-order chi connectivity index (χ1) is 16.4. The molecule has 0 spiro atoms. The van der Waals surface area contributed by atoms with Gasteiger partial charge in [-0.2, -0.15) is 18.3 Å². The van der Waals surface area contributed by atoms with E-state index in [1.807, 2.05) is 18.2 Å². The van der Waals surface area contributed by atoms with Crippen LogP contribution in [-0.2, 0) is 17.8 Å². The van der Waals surface area contributed by atoms with E-state index in [1.165, 1.54) is 23.0 Å². The van der Waals surface area contributed by atoms with Gasteiger partial charge in [-0.05, 0) is 42.3 Å². The molecule has 0 radical (unpaired) electrons. The van der Waals surface area contributed by atoms with E-state index in [0.29, 0.717) is 16.4 Å². The third-order valence-electron chi connectivity index (χ3n) is 4.78. The number of nitrogens with one attached hydrogen (secondary N) is 2. The van der Waals surface area contributed by atoms with Crippen molar-refractivity contribution in [1.82, 2.24) is 15.1 Å². The number of aromatic hydroxyl groups is 1. The predicted molar refractivity (Wildman–Crippen MR) is 124 cm³/mol. The van der Waals surface area contributed by atoms with E-state index in [1.54, 1.807) is 0 Å². The van der Waals surface area contributed by atoms with Gasteiger partial charge in [0.1, 0.15) is 0 Å². The lowest BCUT2D eigenvalue weighted by Gasteiger charge is -2.20. The van der Waals surface area contributed by atoms with Crippen LogP contribution >= 0.6 is 34.8 Å². The van der Waals surface area contributed by atoms with Crippen LogP contribution in [0.1, 0.15) is 21.6 Å². The molecule has 2 aromatic carbocycles. The molecule has 0 bridgehead atoms. The smallest absolute Gasteiger partial charge is 0.490 e. The van der Waals surface area contributed by atoms with Crippen molar-refractivity contribution in [2.75, 3.05) is 11.9 Å². The van der Waals surface area contributed by atoms with Crippen molar-refractivity contribution < 1.29 is 33.0 Å². The Kier molecular flexibility index (Phi) is 8.16. The lowest BCUT2D eigenvalue weighted by atomic mass is 9.99. The van der Waals surface area contributed by atoms with Crippen LogP contribution in [0.3, 0.4) is 0 Å². The molecule has 4 rings (SSSR count). The number of hydrogen-bond donors (Lipinski definition) is 4. The Hall–Kier alpha value is -2.99. The zero-order valence-corrected chi connectivity index (χ0v) is 19.7. The molecule has 14 heteroatoms. The average Bonchev–Trinajstić information content (AvgIpc) is 3.17. The molecule has 3 aromatic rings. The van der Waals surface area contributed by atoms with Crippen molar-refractivity contribution in [3.05, 3.63) is 68.4 Å². The first-order valence-corrected chi connectivity index (χ1v) is 10.9. The maximum absolute atomic E-state index is 12.7. The van der Waals surface area contributed by atoms with Crippen LogP contribution in [0.15, 0.2) is 36.5 Å². The molecule has 186 valence electrons. The van der Waals surface area contributed by atoms with E-state index in [-0.39, 0.29) is 21.5 Å². The van der Waals surface area contributed by atoms with Crippen LogP contribution in [0, 0.1) is 0 Å². The van der Waals surface area contributed by atoms with Gasteiger partial charge in [-0.15, -0.1) is 0 Å². The summed E-state index contributed by atoms with van der Waals surface area (Å²) in [6.45, 7) is 1.60. The Morgan fingerprint density at radius 3 is 2.43 bits per heavy atom. The largest absolute Gasteiger partial charge is 0.504 e. The number of halogens is 6. The lowest BCUT2D eigenvalue weighted by Crippen LogP contribution is -2.25. The highest BCUT2D eigenvalue weighted by atomic mass is 35.5. The molecule has 0 fully saturated rings. The van der Waals surface area contributed by atoms with Crippen LogP contribution in [0.2, 0.25) is 15.1 Å². The second kappa shape index (κ2) is 10.7. The first kappa shape index (κ1) is 26.6. The Labute approximate surface area is 211 Å². The molecule has 1 aromatic heterocycles. The highest BCUT2D eigenvalue weighted by molar-refractivity contribution is 6.43. The SMILES string of the molecule is O=C(Nc1cccc2c1CCNC2)c1nn(-c2cc(Cl)c(Cl)cc2Cl)cc1O.O=C(O)C(F)(F)F. The van der Waals surface area contributed by atoms with Crippen molar-refractivity contribution in [2.45, 2.75) is 19.1 Å². The number of anilines is 1. The molecule has 0 atom stereocenters. The number of rotatable bonds is 3. The number of nitrogens with zero attached hydrogens (tertiary/aromatic N) is 2. The standard InChI is InChI=1S/C19H15Cl3N4O2.C2HF3O2/c20-12-6-14(22)16(7-13(12)21)26-9-17(27)18(25-26)19(28)24-15-3-1-2-10-8-23-5-4-11(10)15;3-2(4,5)1(6)7/h1-3,6-7,9,23,27H,4-5,8H2,(H,24,28);(H,6,7). The Balaban J connectivity index is 0.000000429. The number of hydrogen-bond acceptors (Lipinski definition) is 5. The van der Waals surface area contributed by atoms with E-state index >= 15 is 0 Å². The predicted octanol–water partition coefficient (Wildman–Crippen LogP) is 5.07. The maximum Gasteiger partial charge on any atom is 0.490 e. The maximum atomic E-state index is 12.7. The monoisotopic (exact) mass is 550 g/mol. The second-order valence-electron chi connectivity index (χ2n) is 7.15. The van der Waals surface area contributed by atoms with Gasteiger partial charge in [-0.3, -0.25) is 4.79 Å². The minimum atomic E-state index is -5.08. The summed E-state index contributed by atoms with van der Waals surface area (Å²) < 4.78 is 33.0. The number of carboxylic acids is 1. The molecule has 0 saturated heterocycles. The summed E-state index contributed by atoms with van der Waals surface area (Å²) in [6, 6.07) is 8.74. The molecule has 8 nitrogen and oxygen atoms in total. The first-order valence-electron chi connectivity index (χ1n) is 9.75. The normalized spacial score (nSPS) is 12.9. The van der Waals surface area contributed by atoms with E-state index in [0.717, 1.165) is 30.6 Å². The number of benzene rings is 2. The molecule has 0 saturated carbocycles. The van der Waals surface area contributed by atoms with Crippen molar-refractivity contribution >= 4 is 52.4 Å². The molecule has 1 amide bonds. The highest BCUT2D eigenvalue weighted by Gasteiger charge is 2.38. The summed E-state index contributed by atoms with van der Waals surface area (Å²) in [5, 5.41) is 28.5. The molecule has 2 heterocycles. The topological polar surface area (TPSA) is 116 Å². The number of fused-ring (bicyclic) bond motifs is 1. The summed E-state index contributed by atoms with van der Waals surface area (Å²) in [4.78, 5) is 21.6. The summed E-state index contributed by atoms with van der Waals surface area (Å²) >= 11 is 18.2. The number of carbonyl (C=O) groups excluding carboxylic acids is 1. The molecule has 35 heavy (non-hydrogen) atoms. The number of alkyl halides is 3. The fourth-order valence-corrected chi connectivity index (χ4v) is 3.80. The van der Waals surface area contributed by atoms with Gasteiger partial charge in [0.2, 0.25) is 0 Å². The Bertz CT molecular complexity index is 1280. The van der Waals surface area contributed by atoms with Crippen molar-refractivity contribution in [3.8, 4) is 11.4 Å². The fourth-order valence-electron chi connectivity index (χ4n) is 3.17. The van der Waals surface area contributed by atoms with Gasteiger partial charge in [-0.1, -0.05) is 46.9 Å². The molecule has 4 N–H and O–H groups in total. The number of amides is 1. The number of aromatic nitrogens is 2. The number of aliphatic carboxylic acids is 1. The molecule has 0 unspecified atom stereocenters. The summed E-state index contributed by atoms with van der Waals surface area (Å²) in [5.74, 6) is -3.54. The molecule has 1 aliphatic rings. The van der Waals surface area contributed by atoms with E-state index in [4.69, 9.17) is 44.7 Å². The van der Waals surface area contributed by atoms with E-state index in [9.17, 15) is 23.1 Å². The second-order valence-corrected chi connectivity index (χ2v) is 8.37. The molecule has 1 aliphatic heterocycles. The highest BCUT2D eigenvalue weighted by Crippen LogP contribution is 2.32. The zero-order chi connectivity index (χ0) is 25.9. The average molecular weight is 552 g/mol. The number of carbonyl (C=O) groups is 2. The minimum absolute atomic E-state index is 0.117. The van der Waals surface area contributed by atoms with Gasteiger partial charge < -0.3 is 20.8 Å². The van der Waals surface area contributed by atoms with Crippen LogP contribution in [0.5, 0.6) is 5.75 Å². The Morgan fingerprint density at radius 2 is 1.77 bits per heavy atom. The van der Waals surface area contributed by atoms with Gasteiger partial charge in [0, 0.05) is 12.2 Å². The third kappa shape index (κ3) is 6.37. The van der Waals surface area contributed by atoms with Gasteiger partial charge >= 0.3 is 12.1 Å². The van der Waals surface area contributed by atoms with E-state index < -0.39 is 18.1 Å². The zero-order valence-electron chi connectivity index (χ0n) is 17.5. The quantitative estimate of drug-likeness (QED) is 0.338. The molecular formula is C21H16Cl3F3N4O4. The fraction of sp³-hybridized carbons (Fsp3) is 0.190. The lowest BCUT2D eigenvalue weighted by molar-refractivity contribution is -0.192. The van der Waals surface area contributed by atoms with Crippen LogP contribution < -0.4 is 10.6 Å². The third-order valence-corrected chi connectivity index (χ3v) is 5.80. The van der Waals surface area contributed by atoms with Gasteiger partial charge in [0.15, 0.2) is 11.4 Å². The number of carboxylic acid groups (broad SMARTS) is 1. The van der Waals surface area contributed by atoms with Crippen LogP contribution in [-0.4, -0.2) is 44.6 Å².